The molecule has 6 nitrogen and oxygen atoms in total. The molecule has 1 aromatic carbocycles. The number of nitriles is 1. The predicted octanol–water partition coefficient (Wildman–Crippen LogP) is 2.05. The minimum Gasteiger partial charge on any atom is -0.493 e. The van der Waals surface area contributed by atoms with E-state index in [4.69, 9.17) is 14.7 Å². The van der Waals surface area contributed by atoms with E-state index in [9.17, 15) is 4.79 Å². The van der Waals surface area contributed by atoms with Crippen LogP contribution in [-0.2, 0) is 4.79 Å². The molecule has 0 aliphatic carbocycles. The van der Waals surface area contributed by atoms with Gasteiger partial charge in [-0.2, -0.15) is 5.26 Å². The summed E-state index contributed by atoms with van der Waals surface area (Å²) in [5, 5.41) is 14.6. The number of hydrogen-bond acceptors (Lipinski definition) is 5. The van der Waals surface area contributed by atoms with Crippen molar-refractivity contribution in [3.05, 3.63) is 30.0 Å². The predicted molar refractivity (Wildman–Crippen MR) is 80.1 cm³/mol. The molecule has 0 aromatic heterocycles. The third kappa shape index (κ3) is 4.73. The summed E-state index contributed by atoms with van der Waals surface area (Å²) in [5.74, 6) is 0.742. The number of rotatable bonds is 6. The van der Waals surface area contributed by atoms with Crippen molar-refractivity contribution in [2.24, 2.45) is 0 Å². The molecule has 0 spiro atoms. The van der Waals surface area contributed by atoms with Gasteiger partial charge in [-0.3, -0.25) is 4.79 Å². The summed E-state index contributed by atoms with van der Waals surface area (Å²) in [7, 11) is 3.09. The van der Waals surface area contributed by atoms with Gasteiger partial charge in [-0.1, -0.05) is 0 Å². The molecule has 0 aliphatic heterocycles. The summed E-state index contributed by atoms with van der Waals surface area (Å²) < 4.78 is 10.3. The van der Waals surface area contributed by atoms with E-state index in [-0.39, 0.29) is 11.6 Å². The van der Waals surface area contributed by atoms with Crippen LogP contribution in [0.4, 0.5) is 5.69 Å². The molecule has 112 valence electrons. The third-order valence-electron chi connectivity index (χ3n) is 2.55. The van der Waals surface area contributed by atoms with Crippen LogP contribution in [-0.4, -0.2) is 26.2 Å². The van der Waals surface area contributed by atoms with Crippen LogP contribution in [0, 0.1) is 11.3 Å². The molecule has 6 heteroatoms. The van der Waals surface area contributed by atoms with E-state index in [0.717, 1.165) is 0 Å². The molecule has 2 N–H and O–H groups in total. The largest absolute Gasteiger partial charge is 0.493 e. The van der Waals surface area contributed by atoms with Crippen LogP contribution in [0.15, 0.2) is 30.0 Å². The average molecular weight is 289 g/mol. The van der Waals surface area contributed by atoms with Gasteiger partial charge in [0.15, 0.2) is 11.5 Å². The highest BCUT2D eigenvalue weighted by molar-refractivity contribution is 5.97. The molecule has 0 saturated carbocycles. The molecule has 0 bridgehead atoms. The van der Waals surface area contributed by atoms with Crippen LogP contribution in [0.1, 0.15) is 13.8 Å². The second-order valence-electron chi connectivity index (χ2n) is 4.51. The maximum Gasteiger partial charge on any atom is 0.263 e. The highest BCUT2D eigenvalue weighted by Gasteiger charge is 2.10. The molecule has 0 radical (unpaired) electrons. The van der Waals surface area contributed by atoms with E-state index in [0.29, 0.717) is 17.2 Å². The van der Waals surface area contributed by atoms with E-state index in [1.54, 1.807) is 25.3 Å². The van der Waals surface area contributed by atoms with Gasteiger partial charge < -0.3 is 20.1 Å². The van der Waals surface area contributed by atoms with Gasteiger partial charge in [0.25, 0.3) is 5.91 Å². The number of hydrogen-bond donors (Lipinski definition) is 2. The lowest BCUT2D eigenvalue weighted by Gasteiger charge is -2.10. The molecule has 0 saturated heterocycles. The zero-order valence-corrected chi connectivity index (χ0v) is 12.6. The first-order valence-electron chi connectivity index (χ1n) is 6.41. The van der Waals surface area contributed by atoms with Gasteiger partial charge in [0.1, 0.15) is 11.6 Å². The minimum atomic E-state index is -0.416. The van der Waals surface area contributed by atoms with Gasteiger partial charge in [-0.15, -0.1) is 0 Å². The number of carbonyl (C=O) groups excluding carboxylic acids is 1. The number of methoxy groups -OCH3 is 2. The molecule has 1 amide bonds. The molecule has 1 rings (SSSR count). The normalized spacial score (nSPS) is 10.8. The fourth-order valence-corrected chi connectivity index (χ4v) is 1.57. The van der Waals surface area contributed by atoms with Crippen molar-refractivity contribution < 1.29 is 14.3 Å². The molecular formula is C15H19N3O3. The number of carbonyl (C=O) groups is 1. The van der Waals surface area contributed by atoms with Crippen LogP contribution >= 0.6 is 0 Å². The first kappa shape index (κ1) is 16.4. The Kier molecular flexibility index (Phi) is 6.08. The second-order valence-corrected chi connectivity index (χ2v) is 4.51. The minimum absolute atomic E-state index is 0.00140. The van der Waals surface area contributed by atoms with Gasteiger partial charge in [0.2, 0.25) is 0 Å². The summed E-state index contributed by atoms with van der Waals surface area (Å²) in [6, 6.07) is 7.03. The first-order valence-corrected chi connectivity index (χ1v) is 6.41. The Hall–Kier alpha value is -2.68. The zero-order valence-electron chi connectivity index (χ0n) is 12.6. The Balaban J connectivity index is 2.87. The van der Waals surface area contributed by atoms with Gasteiger partial charge in [0.05, 0.1) is 14.2 Å². The van der Waals surface area contributed by atoms with E-state index in [2.05, 4.69) is 10.6 Å². The number of ether oxygens (including phenoxy) is 2. The lowest BCUT2D eigenvalue weighted by molar-refractivity contribution is -0.117. The summed E-state index contributed by atoms with van der Waals surface area (Å²) in [4.78, 5) is 11.7. The van der Waals surface area contributed by atoms with E-state index >= 15 is 0 Å². The van der Waals surface area contributed by atoms with Crippen molar-refractivity contribution in [1.82, 2.24) is 5.32 Å². The van der Waals surface area contributed by atoms with E-state index < -0.39 is 5.91 Å². The standard InChI is InChI=1S/C15H19N3O3/c1-10(2)18-15(19)11(8-16)9-17-12-5-6-13(20-3)14(7-12)21-4/h5-7,9-10,17H,1-4H3,(H,18,19)/b11-9-. The third-order valence-corrected chi connectivity index (χ3v) is 2.55. The van der Waals surface area contributed by atoms with Crippen molar-refractivity contribution in [2.45, 2.75) is 19.9 Å². The van der Waals surface area contributed by atoms with Crippen molar-refractivity contribution in [3.8, 4) is 17.6 Å². The average Bonchev–Trinajstić information content (AvgIpc) is 2.46. The Morgan fingerprint density at radius 1 is 1.29 bits per heavy atom. The topological polar surface area (TPSA) is 83.4 Å². The fourth-order valence-electron chi connectivity index (χ4n) is 1.57. The van der Waals surface area contributed by atoms with Crippen LogP contribution in [0.2, 0.25) is 0 Å². The van der Waals surface area contributed by atoms with Crippen molar-refractivity contribution in [2.75, 3.05) is 19.5 Å². The molecular weight excluding hydrogens is 270 g/mol. The maximum absolute atomic E-state index is 11.7. The molecule has 0 heterocycles. The highest BCUT2D eigenvalue weighted by atomic mass is 16.5. The van der Waals surface area contributed by atoms with Crippen LogP contribution in [0.5, 0.6) is 11.5 Å². The Bertz CT molecular complexity index is 574. The Morgan fingerprint density at radius 3 is 2.48 bits per heavy atom. The van der Waals surface area contributed by atoms with E-state index in [1.165, 1.54) is 13.3 Å². The van der Waals surface area contributed by atoms with Crippen LogP contribution in [0.3, 0.4) is 0 Å². The number of nitrogens with zero attached hydrogens (tertiary/aromatic N) is 1. The zero-order chi connectivity index (χ0) is 15.8. The highest BCUT2D eigenvalue weighted by Crippen LogP contribution is 2.29. The second kappa shape index (κ2) is 7.80. The summed E-state index contributed by atoms with van der Waals surface area (Å²) in [5.41, 5.74) is 0.677. The molecule has 0 unspecified atom stereocenters. The lowest BCUT2D eigenvalue weighted by atomic mass is 10.2. The van der Waals surface area contributed by atoms with Gasteiger partial charge in [0, 0.05) is 24.0 Å². The van der Waals surface area contributed by atoms with E-state index in [1.807, 2.05) is 19.9 Å². The number of benzene rings is 1. The summed E-state index contributed by atoms with van der Waals surface area (Å²) in [6.45, 7) is 3.66. The molecule has 0 atom stereocenters. The maximum atomic E-state index is 11.7. The van der Waals surface area contributed by atoms with Gasteiger partial charge >= 0.3 is 0 Å². The Morgan fingerprint density at radius 2 is 1.95 bits per heavy atom. The number of nitrogens with one attached hydrogen (secondary N) is 2. The smallest absolute Gasteiger partial charge is 0.263 e. The van der Waals surface area contributed by atoms with Crippen molar-refractivity contribution >= 4 is 11.6 Å². The van der Waals surface area contributed by atoms with Gasteiger partial charge in [-0.25, -0.2) is 0 Å². The molecule has 0 fully saturated rings. The SMILES string of the molecule is COc1ccc(N/C=C(/C#N)C(=O)NC(C)C)cc1OC. The van der Waals surface area contributed by atoms with Crippen LogP contribution < -0.4 is 20.1 Å². The molecule has 0 aliphatic rings. The summed E-state index contributed by atoms with van der Waals surface area (Å²) in [6.07, 6.45) is 1.36. The monoisotopic (exact) mass is 289 g/mol. The Labute approximate surface area is 124 Å². The van der Waals surface area contributed by atoms with Crippen molar-refractivity contribution in [1.29, 1.82) is 5.26 Å². The van der Waals surface area contributed by atoms with Crippen LogP contribution in [0.25, 0.3) is 0 Å². The summed E-state index contributed by atoms with van der Waals surface area (Å²) >= 11 is 0. The fraction of sp³-hybridized carbons (Fsp3) is 0.333. The molecule has 21 heavy (non-hydrogen) atoms. The quantitative estimate of drug-likeness (QED) is 0.618. The molecule has 1 aromatic rings. The number of amides is 1. The first-order chi connectivity index (χ1) is 10.0. The number of anilines is 1. The lowest BCUT2D eigenvalue weighted by Crippen LogP contribution is -2.31. The van der Waals surface area contributed by atoms with Gasteiger partial charge in [-0.05, 0) is 26.0 Å². The van der Waals surface area contributed by atoms with Crippen molar-refractivity contribution in [3.63, 3.8) is 0 Å².